The van der Waals surface area contributed by atoms with E-state index in [1.807, 2.05) is 0 Å². The lowest BCUT2D eigenvalue weighted by molar-refractivity contribution is -0.141. The van der Waals surface area contributed by atoms with Gasteiger partial charge < -0.3 is 16.0 Å². The molecule has 2 heterocycles. The van der Waals surface area contributed by atoms with Crippen molar-refractivity contribution >= 4 is 33.0 Å². The molecule has 0 unspecified atom stereocenters. The zero-order chi connectivity index (χ0) is 31.0. The maximum Gasteiger partial charge on any atom is 0.434 e. The Kier molecular flexibility index (Phi) is 8.81. The van der Waals surface area contributed by atoms with Gasteiger partial charge in [0.05, 0.1) is 26.4 Å². The maximum atomic E-state index is 14.0. The molecule has 0 spiro atoms. The molecule has 0 bridgehead atoms. The molecule has 0 saturated carbocycles. The first-order chi connectivity index (χ1) is 18.8. The summed E-state index contributed by atoms with van der Waals surface area (Å²) in [6, 6.07) is 6.94. The number of benzene rings is 1. The number of nitrogens with one attached hydrogen (secondary N) is 1. The number of anilines is 2. The summed E-state index contributed by atoms with van der Waals surface area (Å²) < 4.78 is 86.5. The molecular weight excluding hydrogens is 571 g/mol. The number of nitriles is 1. The molecule has 2 aromatic rings. The van der Waals surface area contributed by atoms with Gasteiger partial charge in [-0.1, -0.05) is 6.07 Å². The van der Waals surface area contributed by atoms with Crippen LogP contribution in [0.4, 0.5) is 33.5 Å². The fourth-order valence-electron chi connectivity index (χ4n) is 4.14. The zero-order valence-electron chi connectivity index (χ0n) is 22.7. The number of pyridine rings is 1. The number of aromatic nitrogens is 1. The third-order valence-corrected chi connectivity index (χ3v) is 8.03. The SMILES string of the molecule is Cc1c(C#N)c(C(F)(F)F)nc(N2CCCC(F)(F)CC2)c1C(=O)Nc1cccc([S@@](C)(=O)=NC(=O)C(C)(C)N)c1. The summed E-state index contributed by atoms with van der Waals surface area (Å²) in [6.07, 6.45) is -5.06. The number of rotatable bonds is 5. The number of halogens is 5. The van der Waals surface area contributed by atoms with Crippen LogP contribution >= 0.6 is 0 Å². The van der Waals surface area contributed by atoms with Gasteiger partial charge in [-0.25, -0.2) is 18.0 Å². The van der Waals surface area contributed by atoms with Crippen molar-refractivity contribution in [3.8, 4) is 6.07 Å². The number of alkyl halides is 5. The van der Waals surface area contributed by atoms with E-state index in [4.69, 9.17) is 5.73 Å². The number of carbonyl (C=O) groups excluding carboxylic acids is 2. The number of carbonyl (C=O) groups is 2. The summed E-state index contributed by atoms with van der Waals surface area (Å²) >= 11 is 0. The van der Waals surface area contributed by atoms with Gasteiger partial charge >= 0.3 is 6.18 Å². The third-order valence-electron chi connectivity index (χ3n) is 6.39. The van der Waals surface area contributed by atoms with Crippen LogP contribution in [-0.2, 0) is 20.7 Å². The van der Waals surface area contributed by atoms with Crippen molar-refractivity contribution in [2.75, 3.05) is 29.6 Å². The quantitative estimate of drug-likeness (QED) is 0.466. The maximum absolute atomic E-state index is 14.0. The Labute approximate surface area is 234 Å². The number of nitrogens with two attached hydrogens (primary N) is 1. The van der Waals surface area contributed by atoms with Crippen molar-refractivity contribution < 1.29 is 35.8 Å². The second kappa shape index (κ2) is 11.3. The van der Waals surface area contributed by atoms with E-state index in [0.29, 0.717) is 0 Å². The predicted molar refractivity (Wildman–Crippen MR) is 142 cm³/mol. The molecule has 1 atom stereocenters. The lowest BCUT2D eigenvalue weighted by Gasteiger charge is -2.27. The summed E-state index contributed by atoms with van der Waals surface area (Å²) in [6.45, 7) is 3.47. The summed E-state index contributed by atoms with van der Waals surface area (Å²) in [7, 11) is -3.31. The minimum Gasteiger partial charge on any atom is -0.356 e. The third kappa shape index (κ3) is 7.36. The Balaban J connectivity index is 2.11. The molecule has 9 nitrogen and oxygen atoms in total. The van der Waals surface area contributed by atoms with Gasteiger partial charge in [0.1, 0.15) is 11.9 Å². The van der Waals surface area contributed by atoms with Crippen LogP contribution in [0.15, 0.2) is 33.5 Å². The highest BCUT2D eigenvalue weighted by Crippen LogP contribution is 2.38. The molecule has 1 aromatic heterocycles. The number of hydrogen-bond acceptors (Lipinski definition) is 7. The van der Waals surface area contributed by atoms with Gasteiger partial charge in [0.15, 0.2) is 5.69 Å². The fraction of sp³-hybridized carbons (Fsp3) is 0.462. The number of nitrogens with zero attached hydrogens (tertiary/aromatic N) is 4. The molecule has 41 heavy (non-hydrogen) atoms. The molecule has 3 N–H and O–H groups in total. The Morgan fingerprint density at radius 1 is 1.22 bits per heavy atom. The lowest BCUT2D eigenvalue weighted by Crippen LogP contribution is -2.40. The molecule has 1 aliphatic heterocycles. The van der Waals surface area contributed by atoms with Crippen LogP contribution in [0, 0.1) is 18.3 Å². The lowest BCUT2D eigenvalue weighted by atomic mass is 10.00. The van der Waals surface area contributed by atoms with Gasteiger partial charge in [-0.05, 0) is 51.0 Å². The largest absolute Gasteiger partial charge is 0.434 e. The minimum absolute atomic E-state index is 0.0443. The van der Waals surface area contributed by atoms with Crippen LogP contribution in [0.25, 0.3) is 0 Å². The number of hydrogen-bond donors (Lipinski definition) is 2. The van der Waals surface area contributed by atoms with Crippen molar-refractivity contribution in [2.24, 2.45) is 10.1 Å². The highest BCUT2D eigenvalue weighted by molar-refractivity contribution is 7.93. The average molecular weight is 601 g/mol. The monoisotopic (exact) mass is 600 g/mol. The Morgan fingerprint density at radius 3 is 2.46 bits per heavy atom. The van der Waals surface area contributed by atoms with Crippen LogP contribution in [0.3, 0.4) is 0 Å². The summed E-state index contributed by atoms with van der Waals surface area (Å²) in [5.41, 5.74) is 1.26. The predicted octanol–water partition coefficient (Wildman–Crippen LogP) is 4.88. The second-order valence-corrected chi connectivity index (χ2v) is 12.6. The Morgan fingerprint density at radius 2 is 1.88 bits per heavy atom. The van der Waals surface area contributed by atoms with Crippen molar-refractivity contribution in [2.45, 2.75) is 62.6 Å². The summed E-state index contributed by atoms with van der Waals surface area (Å²) in [5.74, 6) is -5.31. The van der Waals surface area contributed by atoms with Gasteiger partial charge in [0.2, 0.25) is 5.92 Å². The first-order valence-corrected chi connectivity index (χ1v) is 14.3. The zero-order valence-corrected chi connectivity index (χ0v) is 23.6. The second-order valence-electron chi connectivity index (χ2n) is 10.4. The van der Waals surface area contributed by atoms with E-state index >= 15 is 0 Å². The van der Waals surface area contributed by atoms with Crippen LogP contribution in [0.2, 0.25) is 0 Å². The van der Waals surface area contributed by atoms with E-state index in [2.05, 4.69) is 14.7 Å². The van der Waals surface area contributed by atoms with Gasteiger partial charge in [0, 0.05) is 42.8 Å². The topological polar surface area (TPSA) is 142 Å². The average Bonchev–Trinajstić information content (AvgIpc) is 3.02. The summed E-state index contributed by atoms with van der Waals surface area (Å²) in [5, 5.41) is 12.0. The van der Waals surface area contributed by atoms with Crippen LogP contribution in [0.1, 0.15) is 60.3 Å². The standard InChI is InChI=1S/C26H29F5N6O3S/c1-15-18(14-32)20(26(29,30)31)35-21(37-11-6-9-25(27,28)10-12-37)19(15)22(38)34-16-7-5-8-17(13-16)41(4,40)36-23(39)24(2,3)33/h5,7-8,13H,6,9-12,33H2,1-4H3,(H,34,38)/t41-/m1/s1. The molecular formula is C26H29F5N6O3S. The van der Waals surface area contributed by atoms with Crippen LogP contribution < -0.4 is 16.0 Å². The van der Waals surface area contributed by atoms with Gasteiger partial charge in [-0.3, -0.25) is 9.59 Å². The smallest absolute Gasteiger partial charge is 0.356 e. The first-order valence-electron chi connectivity index (χ1n) is 12.4. The fourth-order valence-corrected chi connectivity index (χ4v) is 5.47. The minimum atomic E-state index is -5.05. The van der Waals surface area contributed by atoms with Gasteiger partial charge in [-0.15, -0.1) is 0 Å². The Hall–Kier alpha value is -3.64. The van der Waals surface area contributed by atoms with E-state index in [1.54, 1.807) is 0 Å². The molecule has 1 aromatic carbocycles. The van der Waals surface area contributed by atoms with Crippen molar-refractivity contribution in [3.63, 3.8) is 0 Å². The van der Waals surface area contributed by atoms with Crippen molar-refractivity contribution in [1.82, 2.24) is 4.98 Å². The van der Waals surface area contributed by atoms with E-state index in [1.165, 1.54) is 55.3 Å². The molecule has 2 amide bonds. The van der Waals surface area contributed by atoms with E-state index < -0.39 is 74.7 Å². The molecule has 0 radical (unpaired) electrons. The van der Waals surface area contributed by atoms with E-state index in [-0.39, 0.29) is 35.7 Å². The molecule has 0 aliphatic carbocycles. The molecule has 222 valence electrons. The van der Waals surface area contributed by atoms with Crippen LogP contribution in [-0.4, -0.2) is 51.8 Å². The van der Waals surface area contributed by atoms with Crippen LogP contribution in [0.5, 0.6) is 0 Å². The summed E-state index contributed by atoms with van der Waals surface area (Å²) in [4.78, 5) is 30.6. The Bertz CT molecular complexity index is 1540. The molecule has 1 fully saturated rings. The van der Waals surface area contributed by atoms with Gasteiger partial charge in [0.25, 0.3) is 11.8 Å². The normalized spacial score (nSPS) is 17.1. The van der Waals surface area contributed by atoms with E-state index in [0.717, 1.165) is 6.92 Å². The van der Waals surface area contributed by atoms with E-state index in [9.17, 15) is 41.0 Å². The molecule has 1 aliphatic rings. The highest BCUT2D eigenvalue weighted by Gasteiger charge is 2.40. The molecule has 3 rings (SSSR count). The van der Waals surface area contributed by atoms with Gasteiger partial charge in [-0.2, -0.15) is 22.8 Å². The molecule has 1 saturated heterocycles. The first kappa shape index (κ1) is 31.9. The van der Waals surface area contributed by atoms with Crippen molar-refractivity contribution in [3.05, 3.63) is 46.6 Å². The molecule has 15 heteroatoms. The number of amides is 2. The highest BCUT2D eigenvalue weighted by atomic mass is 32.2. The van der Waals surface area contributed by atoms with Crippen molar-refractivity contribution in [1.29, 1.82) is 5.26 Å².